The largest absolute Gasteiger partial charge is 0.497 e. The smallest absolute Gasteiger partial charge is 0.243 e. The maximum Gasteiger partial charge on any atom is 0.243 e. The summed E-state index contributed by atoms with van der Waals surface area (Å²) < 4.78 is 9.28. The van der Waals surface area contributed by atoms with Gasteiger partial charge in [0.1, 0.15) is 23.7 Å². The third kappa shape index (κ3) is 4.17. The fraction of sp³-hybridized carbons (Fsp3) is 0.238. The molecule has 0 saturated heterocycles. The lowest BCUT2D eigenvalue weighted by atomic mass is 10.1. The van der Waals surface area contributed by atoms with Gasteiger partial charge < -0.3 is 14.6 Å². The summed E-state index contributed by atoms with van der Waals surface area (Å²) in [5, 5.41) is 12.2. The van der Waals surface area contributed by atoms with E-state index in [2.05, 4.69) is 20.5 Å². The number of methoxy groups -OCH3 is 1. The van der Waals surface area contributed by atoms with Crippen LogP contribution in [-0.4, -0.2) is 37.3 Å². The lowest BCUT2D eigenvalue weighted by Crippen LogP contribution is -2.36. The van der Waals surface area contributed by atoms with Crippen LogP contribution in [0.25, 0.3) is 10.7 Å². The fourth-order valence-electron chi connectivity index (χ4n) is 3.37. The predicted octanol–water partition coefficient (Wildman–Crippen LogP) is 3.88. The molecular weight excluding hydrogens is 432 g/mol. The summed E-state index contributed by atoms with van der Waals surface area (Å²) in [6.45, 7) is 1.81. The van der Waals surface area contributed by atoms with Crippen LogP contribution < -0.4 is 10.1 Å². The minimum atomic E-state index is -0.579. The number of amides is 1. The van der Waals surface area contributed by atoms with Crippen LogP contribution in [0.1, 0.15) is 30.4 Å². The van der Waals surface area contributed by atoms with Crippen molar-refractivity contribution in [2.24, 2.45) is 7.05 Å². The van der Waals surface area contributed by atoms with E-state index in [1.807, 2.05) is 59.6 Å². The van der Waals surface area contributed by atoms with Gasteiger partial charge in [-0.2, -0.15) is 5.10 Å². The number of carbonyl (C=O) groups excluding carboxylic acids is 1. The van der Waals surface area contributed by atoms with Gasteiger partial charge >= 0.3 is 0 Å². The number of thiophene rings is 1. The monoisotopic (exact) mass is 454 g/mol. The third-order valence-corrected chi connectivity index (χ3v) is 6.22. The quantitative estimate of drug-likeness (QED) is 0.414. The van der Waals surface area contributed by atoms with E-state index in [-0.39, 0.29) is 5.91 Å². The van der Waals surface area contributed by atoms with E-state index >= 15 is 0 Å². The third-order valence-electron chi connectivity index (χ3n) is 5.07. The molecule has 8 nitrogen and oxygen atoms in total. The highest BCUT2D eigenvalue weighted by molar-refractivity contribution is 7.71. The Hall–Kier alpha value is -3.24. The minimum Gasteiger partial charge on any atom is -0.497 e. The number of aryl methyl sites for hydroxylation is 1. The van der Waals surface area contributed by atoms with Crippen LogP contribution in [0, 0.1) is 4.77 Å². The number of hydrogen-bond donors (Lipinski definition) is 2. The molecule has 10 heteroatoms. The van der Waals surface area contributed by atoms with Gasteiger partial charge in [-0.1, -0.05) is 18.2 Å². The van der Waals surface area contributed by atoms with Gasteiger partial charge in [-0.3, -0.25) is 14.5 Å². The van der Waals surface area contributed by atoms with Gasteiger partial charge in [0.25, 0.3) is 0 Å². The average molecular weight is 455 g/mol. The molecule has 3 heterocycles. The van der Waals surface area contributed by atoms with Crippen molar-refractivity contribution in [1.29, 1.82) is 0 Å². The van der Waals surface area contributed by atoms with Gasteiger partial charge in [0.15, 0.2) is 10.6 Å². The van der Waals surface area contributed by atoms with Crippen LogP contribution in [0.3, 0.4) is 0 Å². The Morgan fingerprint density at radius 1 is 1.29 bits per heavy atom. The molecule has 0 saturated carbocycles. The highest BCUT2D eigenvalue weighted by Gasteiger charge is 2.26. The van der Waals surface area contributed by atoms with Crippen LogP contribution in [-0.2, 0) is 11.8 Å². The molecular formula is C21H22N6O2S2. The zero-order valence-corrected chi connectivity index (χ0v) is 18.9. The molecule has 0 bridgehead atoms. The second kappa shape index (κ2) is 8.86. The van der Waals surface area contributed by atoms with Gasteiger partial charge in [0, 0.05) is 19.4 Å². The first-order valence-electron chi connectivity index (χ1n) is 9.62. The summed E-state index contributed by atoms with van der Waals surface area (Å²) in [5.74, 6) is 1.91. The lowest BCUT2D eigenvalue weighted by molar-refractivity contribution is -0.124. The fourth-order valence-corrected chi connectivity index (χ4v) is 4.37. The molecule has 31 heavy (non-hydrogen) atoms. The molecule has 0 aliphatic heterocycles. The van der Waals surface area contributed by atoms with Crippen molar-refractivity contribution in [2.45, 2.75) is 19.0 Å². The Morgan fingerprint density at radius 3 is 2.68 bits per heavy atom. The first-order chi connectivity index (χ1) is 15.0. The first-order valence-corrected chi connectivity index (χ1v) is 10.9. The van der Waals surface area contributed by atoms with E-state index in [0.717, 1.165) is 22.0 Å². The highest BCUT2D eigenvalue weighted by Crippen LogP contribution is 2.27. The number of hydrogen-bond acceptors (Lipinski definition) is 6. The van der Waals surface area contributed by atoms with Crippen molar-refractivity contribution in [1.82, 2.24) is 29.6 Å². The number of rotatable bonds is 7. The number of aromatic nitrogens is 5. The van der Waals surface area contributed by atoms with Crippen molar-refractivity contribution in [3.63, 3.8) is 0 Å². The summed E-state index contributed by atoms with van der Waals surface area (Å²) in [6, 6.07) is 10.4. The van der Waals surface area contributed by atoms with E-state index in [1.54, 1.807) is 36.1 Å². The Kier molecular flexibility index (Phi) is 6.01. The maximum absolute atomic E-state index is 13.4. The number of H-pyrrole nitrogens is 1. The number of nitrogens with one attached hydrogen (secondary N) is 2. The molecule has 2 unspecified atom stereocenters. The number of benzene rings is 1. The van der Waals surface area contributed by atoms with E-state index in [0.29, 0.717) is 10.6 Å². The SMILES string of the molecule is COc1ccc(C(NC(=O)C(C)n2c(-c3cccs3)n[nH]c2=S)c2nccn2C)cc1. The van der Waals surface area contributed by atoms with Crippen LogP contribution in [0.2, 0.25) is 0 Å². The van der Waals surface area contributed by atoms with Crippen LogP contribution in [0.5, 0.6) is 5.75 Å². The molecule has 1 amide bonds. The van der Waals surface area contributed by atoms with Crippen LogP contribution in [0.4, 0.5) is 0 Å². The standard InChI is InChI=1S/C21H22N6O2S2/c1-13(27-18(24-25-21(27)30)16-5-4-12-31-16)20(28)23-17(19-22-10-11-26(19)2)14-6-8-15(29-3)9-7-14/h4-13,17H,1-3H3,(H,23,28)(H,25,30). The number of imidazole rings is 1. The molecule has 4 aromatic rings. The van der Waals surface area contributed by atoms with Gasteiger partial charge in [-0.15, -0.1) is 11.3 Å². The van der Waals surface area contributed by atoms with Gasteiger partial charge in [0.05, 0.1) is 12.0 Å². The van der Waals surface area contributed by atoms with Crippen molar-refractivity contribution >= 4 is 29.5 Å². The van der Waals surface area contributed by atoms with E-state index in [1.165, 1.54) is 0 Å². The molecule has 160 valence electrons. The predicted molar refractivity (Wildman–Crippen MR) is 122 cm³/mol. The lowest BCUT2D eigenvalue weighted by Gasteiger charge is -2.22. The number of carbonyl (C=O) groups is 1. The molecule has 1 aromatic carbocycles. The normalized spacial score (nSPS) is 13.0. The minimum absolute atomic E-state index is 0.195. The van der Waals surface area contributed by atoms with Crippen molar-refractivity contribution in [3.8, 4) is 16.5 Å². The molecule has 0 aliphatic carbocycles. The molecule has 0 radical (unpaired) electrons. The zero-order chi connectivity index (χ0) is 22.0. The maximum atomic E-state index is 13.4. The number of ether oxygens (including phenoxy) is 1. The average Bonchev–Trinajstić information content (AvgIpc) is 3.53. The summed E-state index contributed by atoms with van der Waals surface area (Å²) in [6.07, 6.45) is 3.56. The van der Waals surface area contributed by atoms with Gasteiger partial charge in [-0.25, -0.2) is 4.98 Å². The first kappa shape index (κ1) is 21.0. The topological polar surface area (TPSA) is 89.8 Å². The number of nitrogens with zero attached hydrogens (tertiary/aromatic N) is 4. The molecule has 0 spiro atoms. The second-order valence-electron chi connectivity index (χ2n) is 6.99. The Labute approximate surface area is 188 Å². The van der Waals surface area contributed by atoms with E-state index < -0.39 is 12.1 Å². The molecule has 0 aliphatic rings. The molecule has 0 fully saturated rings. The zero-order valence-electron chi connectivity index (χ0n) is 17.3. The molecule has 2 atom stereocenters. The van der Waals surface area contributed by atoms with Crippen molar-refractivity contribution in [3.05, 3.63) is 70.3 Å². The summed E-state index contributed by atoms with van der Waals surface area (Å²) in [5.41, 5.74) is 0.893. The Bertz CT molecular complexity index is 1220. The Balaban J connectivity index is 1.66. The summed E-state index contributed by atoms with van der Waals surface area (Å²) >= 11 is 6.96. The van der Waals surface area contributed by atoms with Crippen molar-refractivity contribution < 1.29 is 9.53 Å². The van der Waals surface area contributed by atoms with E-state index in [4.69, 9.17) is 17.0 Å². The highest BCUT2D eigenvalue weighted by atomic mass is 32.1. The van der Waals surface area contributed by atoms with Crippen LogP contribution in [0.15, 0.2) is 54.2 Å². The molecule has 4 rings (SSSR count). The van der Waals surface area contributed by atoms with Crippen molar-refractivity contribution in [2.75, 3.05) is 7.11 Å². The second-order valence-corrected chi connectivity index (χ2v) is 8.32. The van der Waals surface area contributed by atoms with Gasteiger partial charge in [0.2, 0.25) is 5.91 Å². The molecule has 2 N–H and O–H groups in total. The number of aromatic amines is 1. The molecule has 3 aromatic heterocycles. The summed E-state index contributed by atoms with van der Waals surface area (Å²) in [7, 11) is 3.52. The Morgan fingerprint density at radius 2 is 2.06 bits per heavy atom. The van der Waals surface area contributed by atoms with Gasteiger partial charge in [-0.05, 0) is 48.3 Å². The van der Waals surface area contributed by atoms with E-state index in [9.17, 15) is 4.79 Å². The summed E-state index contributed by atoms with van der Waals surface area (Å²) in [4.78, 5) is 18.7. The van der Waals surface area contributed by atoms with Crippen LogP contribution >= 0.6 is 23.6 Å².